The van der Waals surface area contributed by atoms with Crippen molar-refractivity contribution >= 4 is 11.6 Å². The highest BCUT2D eigenvalue weighted by Crippen LogP contribution is 2.64. The fourth-order valence-electron chi connectivity index (χ4n) is 6.75. The maximum absolute atomic E-state index is 12.5. The summed E-state index contributed by atoms with van der Waals surface area (Å²) >= 11 is 0. The quantitative estimate of drug-likeness (QED) is 0.767. The summed E-state index contributed by atoms with van der Waals surface area (Å²) in [6.45, 7) is 6.41. The van der Waals surface area contributed by atoms with Gasteiger partial charge in [-0.25, -0.2) is 0 Å². The number of aliphatic hydroxyl groups is 1. The first-order valence-electron chi connectivity index (χ1n) is 10.1. The third kappa shape index (κ3) is 2.60. The van der Waals surface area contributed by atoms with Crippen LogP contribution in [0.25, 0.3) is 0 Å². The summed E-state index contributed by atoms with van der Waals surface area (Å²) in [4.78, 5) is 24.6. The van der Waals surface area contributed by atoms with Gasteiger partial charge in [0.05, 0.1) is 6.61 Å². The van der Waals surface area contributed by atoms with Crippen LogP contribution in [-0.4, -0.2) is 29.9 Å². The Balaban J connectivity index is 1.66. The molecule has 0 aromatic heterocycles. The average Bonchev–Trinajstić information content (AvgIpc) is 2.90. The van der Waals surface area contributed by atoms with Gasteiger partial charge >= 0.3 is 0 Å². The first-order chi connectivity index (χ1) is 12.4. The predicted octanol–water partition coefficient (Wildman–Crippen LogP) is 4.16. The number of carbonyl (C=O) groups excluding carboxylic acids is 2. The first kappa shape index (κ1) is 18.0. The zero-order valence-corrected chi connectivity index (χ0v) is 15.8. The van der Waals surface area contributed by atoms with Gasteiger partial charge in [-0.05, 0) is 62.4 Å². The van der Waals surface area contributed by atoms with E-state index < -0.39 is 0 Å². The van der Waals surface area contributed by atoms with Gasteiger partial charge in [-0.15, -0.1) is 0 Å². The van der Waals surface area contributed by atoms with Crippen molar-refractivity contribution in [3.05, 3.63) is 24.0 Å². The van der Waals surface area contributed by atoms with Gasteiger partial charge in [0.25, 0.3) is 0 Å². The number of carbonyl (C=O) groups is 2. The molecule has 0 bridgehead atoms. The molecule has 0 aromatic rings. The van der Waals surface area contributed by atoms with Crippen LogP contribution in [0.1, 0.15) is 58.3 Å². The van der Waals surface area contributed by atoms with E-state index in [0.717, 1.165) is 44.9 Å². The normalized spacial score (nSPS) is 41.9. The molecule has 3 saturated carbocycles. The van der Waals surface area contributed by atoms with Gasteiger partial charge in [-0.3, -0.25) is 9.59 Å². The lowest BCUT2D eigenvalue weighted by Gasteiger charge is -2.57. The maximum Gasteiger partial charge on any atom is 0.155 e. The lowest BCUT2D eigenvalue weighted by Crippen LogP contribution is -2.53. The Kier molecular flexibility index (Phi) is 4.37. The van der Waals surface area contributed by atoms with Gasteiger partial charge < -0.3 is 9.84 Å². The summed E-state index contributed by atoms with van der Waals surface area (Å²) in [6.07, 6.45) is 9.10. The van der Waals surface area contributed by atoms with Crippen LogP contribution in [0.5, 0.6) is 0 Å². The van der Waals surface area contributed by atoms with E-state index in [0.29, 0.717) is 36.6 Å². The highest BCUT2D eigenvalue weighted by Gasteiger charge is 2.60. The van der Waals surface area contributed by atoms with E-state index >= 15 is 0 Å². The van der Waals surface area contributed by atoms with Crippen molar-refractivity contribution in [2.45, 2.75) is 58.3 Å². The number of hydrogen-bond donors (Lipinski definition) is 1. The SMILES string of the molecule is C=C(O)COC[C@]12CCC(=O)C=C1CCC1C2CC[C@]2(C)C(=O)CCC12. The molecule has 0 radical (unpaired) electrons. The number of ether oxygens (including phenoxy) is 1. The summed E-state index contributed by atoms with van der Waals surface area (Å²) in [5.74, 6) is 2.25. The average molecular weight is 358 g/mol. The molecule has 4 nitrogen and oxygen atoms in total. The van der Waals surface area contributed by atoms with Crippen molar-refractivity contribution in [2.75, 3.05) is 13.2 Å². The minimum absolute atomic E-state index is 0.0452. The van der Waals surface area contributed by atoms with E-state index in [4.69, 9.17) is 4.74 Å². The Bertz CT molecular complexity index is 678. The summed E-state index contributed by atoms with van der Waals surface area (Å²) in [6, 6.07) is 0. The fourth-order valence-corrected chi connectivity index (χ4v) is 6.75. The van der Waals surface area contributed by atoms with Gasteiger partial charge in [0.2, 0.25) is 0 Å². The molecule has 0 saturated heterocycles. The van der Waals surface area contributed by atoms with Crippen LogP contribution in [-0.2, 0) is 14.3 Å². The van der Waals surface area contributed by atoms with Crippen molar-refractivity contribution in [1.29, 1.82) is 0 Å². The van der Waals surface area contributed by atoms with Gasteiger partial charge in [0, 0.05) is 23.7 Å². The van der Waals surface area contributed by atoms with E-state index in [2.05, 4.69) is 13.5 Å². The second-order valence-electron chi connectivity index (χ2n) is 9.18. The monoisotopic (exact) mass is 358 g/mol. The van der Waals surface area contributed by atoms with Crippen LogP contribution in [0.2, 0.25) is 0 Å². The highest BCUT2D eigenvalue weighted by molar-refractivity contribution is 5.91. The van der Waals surface area contributed by atoms with Gasteiger partial charge in [0.1, 0.15) is 18.1 Å². The highest BCUT2D eigenvalue weighted by atomic mass is 16.5. The Morgan fingerprint density at radius 3 is 2.77 bits per heavy atom. The molecule has 4 aliphatic carbocycles. The van der Waals surface area contributed by atoms with Gasteiger partial charge in [-0.1, -0.05) is 19.1 Å². The lowest BCUT2D eigenvalue weighted by molar-refractivity contribution is -0.134. The number of rotatable bonds is 4. The van der Waals surface area contributed by atoms with Crippen molar-refractivity contribution in [2.24, 2.45) is 28.6 Å². The van der Waals surface area contributed by atoms with E-state index in [1.807, 2.05) is 6.08 Å². The van der Waals surface area contributed by atoms with Crippen molar-refractivity contribution in [1.82, 2.24) is 0 Å². The topological polar surface area (TPSA) is 63.6 Å². The van der Waals surface area contributed by atoms with Crippen LogP contribution >= 0.6 is 0 Å². The minimum Gasteiger partial charge on any atom is -0.510 e. The van der Waals surface area contributed by atoms with Crippen LogP contribution in [0, 0.1) is 28.6 Å². The molecule has 0 amide bonds. The molecule has 1 N–H and O–H groups in total. The molecule has 0 spiro atoms. The van der Waals surface area contributed by atoms with E-state index in [1.165, 1.54) is 5.57 Å². The van der Waals surface area contributed by atoms with Crippen LogP contribution in [0.4, 0.5) is 0 Å². The summed E-state index contributed by atoms with van der Waals surface area (Å²) in [7, 11) is 0. The van der Waals surface area contributed by atoms with Crippen molar-refractivity contribution in [3.63, 3.8) is 0 Å². The van der Waals surface area contributed by atoms with Gasteiger partial charge in [0.15, 0.2) is 5.78 Å². The van der Waals surface area contributed by atoms with E-state index in [9.17, 15) is 14.7 Å². The Morgan fingerprint density at radius 1 is 1.19 bits per heavy atom. The van der Waals surface area contributed by atoms with Gasteiger partial charge in [-0.2, -0.15) is 0 Å². The molecule has 4 rings (SSSR count). The fraction of sp³-hybridized carbons (Fsp3) is 0.727. The summed E-state index contributed by atoms with van der Waals surface area (Å²) in [5.41, 5.74) is 1.03. The molecular formula is C22H30O4. The molecule has 3 fully saturated rings. The van der Waals surface area contributed by atoms with Crippen LogP contribution in [0.3, 0.4) is 0 Å². The molecule has 0 aromatic carbocycles. The third-order valence-electron chi connectivity index (χ3n) is 8.02. The standard InChI is InChI=1S/C22H30O4/c1-14(23)12-26-13-22-10-7-16(24)11-15(22)3-4-17-18-5-6-20(25)21(18,2)9-8-19(17)22/h11,17-19,23H,1,3-10,12-13H2,2H3/t17?,18?,19?,21-,22+/m0/s1. The lowest BCUT2D eigenvalue weighted by atomic mass is 9.47. The zero-order chi connectivity index (χ0) is 18.5. The second-order valence-corrected chi connectivity index (χ2v) is 9.18. The molecule has 4 heteroatoms. The first-order valence-corrected chi connectivity index (χ1v) is 10.1. The largest absolute Gasteiger partial charge is 0.510 e. The predicted molar refractivity (Wildman–Crippen MR) is 98.6 cm³/mol. The number of fused-ring (bicyclic) bond motifs is 5. The molecule has 3 unspecified atom stereocenters. The number of Topliss-reactive ketones (excluding diaryl/α,β-unsaturated/α-hetero) is 1. The molecule has 26 heavy (non-hydrogen) atoms. The Labute approximate surface area is 155 Å². The molecule has 5 atom stereocenters. The maximum atomic E-state index is 12.5. The number of aliphatic hydroxyl groups excluding tert-OH is 1. The molecule has 4 aliphatic rings. The third-order valence-corrected chi connectivity index (χ3v) is 8.02. The Morgan fingerprint density at radius 2 is 2.00 bits per heavy atom. The van der Waals surface area contributed by atoms with Crippen LogP contribution < -0.4 is 0 Å². The van der Waals surface area contributed by atoms with E-state index in [-0.39, 0.29) is 29.0 Å². The number of hydrogen-bond acceptors (Lipinski definition) is 4. The van der Waals surface area contributed by atoms with E-state index in [1.54, 1.807) is 0 Å². The van der Waals surface area contributed by atoms with Crippen molar-refractivity contribution in [3.8, 4) is 0 Å². The molecule has 0 aliphatic heterocycles. The zero-order valence-electron chi connectivity index (χ0n) is 15.8. The van der Waals surface area contributed by atoms with Crippen LogP contribution in [0.15, 0.2) is 24.0 Å². The number of ketones is 2. The second kappa shape index (κ2) is 6.33. The summed E-state index contributed by atoms with van der Waals surface area (Å²) in [5, 5.41) is 9.41. The molecule has 142 valence electrons. The smallest absolute Gasteiger partial charge is 0.155 e. The van der Waals surface area contributed by atoms with Crippen molar-refractivity contribution < 1.29 is 19.4 Å². The molecular weight excluding hydrogens is 328 g/mol. The minimum atomic E-state index is -0.131. The Hall–Kier alpha value is -1.42. The summed E-state index contributed by atoms with van der Waals surface area (Å²) < 4.78 is 5.87. The molecule has 0 heterocycles.